The summed E-state index contributed by atoms with van der Waals surface area (Å²) in [6.45, 7) is 3.21. The van der Waals surface area contributed by atoms with Crippen molar-refractivity contribution in [3.05, 3.63) is 36.7 Å². The smallest absolute Gasteiger partial charge is 0.223 e. The van der Waals surface area contributed by atoms with E-state index in [2.05, 4.69) is 15.0 Å². The molecule has 0 aromatic carbocycles. The maximum Gasteiger partial charge on any atom is 0.223 e. The number of β-amino-alcohol motifs (C(OH)–C–C–N with tert-alkyl or cyclic N) is 1. The molecule has 1 saturated heterocycles. The number of aryl methyl sites for hydroxylation is 1. The topological polar surface area (TPSA) is 79.4 Å². The lowest BCUT2D eigenvalue weighted by Crippen LogP contribution is -2.36. The van der Waals surface area contributed by atoms with Crippen molar-refractivity contribution in [3.8, 4) is 0 Å². The Morgan fingerprint density at radius 2 is 2.24 bits per heavy atom. The number of aliphatic hydroxyl groups is 1. The average molecular weight is 346 g/mol. The van der Waals surface area contributed by atoms with E-state index >= 15 is 0 Å². The van der Waals surface area contributed by atoms with E-state index in [4.69, 9.17) is 0 Å². The molecular weight excluding hydrogens is 320 g/mol. The first-order valence-electron chi connectivity index (χ1n) is 8.59. The molecule has 3 heterocycles. The van der Waals surface area contributed by atoms with Gasteiger partial charge in [0, 0.05) is 76.3 Å². The minimum atomic E-state index is -0.428. The first-order chi connectivity index (χ1) is 12.0. The summed E-state index contributed by atoms with van der Waals surface area (Å²) in [5, 5.41) is 14.3. The molecule has 0 aliphatic carbocycles. The zero-order valence-electron chi connectivity index (χ0n) is 14.8. The number of carbonyl (C=O) groups is 1. The first-order valence-corrected chi connectivity index (χ1v) is 8.59. The second kappa shape index (κ2) is 7.79. The lowest BCUT2D eigenvalue weighted by atomic mass is 10.0. The van der Waals surface area contributed by atoms with Crippen LogP contribution in [0.25, 0.3) is 0 Å². The molecule has 8 nitrogen and oxygen atoms in total. The van der Waals surface area contributed by atoms with Crippen molar-refractivity contribution in [1.29, 1.82) is 0 Å². The summed E-state index contributed by atoms with van der Waals surface area (Å²) in [6, 6.07) is 0. The number of likely N-dealkylation sites (N-methyl/N-ethyl adjacent to an activating group) is 1. The van der Waals surface area contributed by atoms with Gasteiger partial charge in [-0.25, -0.2) is 4.98 Å². The molecule has 0 spiro atoms. The summed E-state index contributed by atoms with van der Waals surface area (Å²) < 4.78 is 3.70. The Kier molecular flexibility index (Phi) is 5.50. The van der Waals surface area contributed by atoms with E-state index in [1.807, 2.05) is 36.0 Å². The van der Waals surface area contributed by atoms with Crippen molar-refractivity contribution < 1.29 is 9.90 Å². The second-order valence-corrected chi connectivity index (χ2v) is 6.89. The molecule has 1 N–H and O–H groups in total. The number of rotatable bonds is 7. The molecule has 1 fully saturated rings. The van der Waals surface area contributed by atoms with Gasteiger partial charge in [-0.3, -0.25) is 9.48 Å². The third-order valence-electron chi connectivity index (χ3n) is 4.70. The lowest BCUT2D eigenvalue weighted by molar-refractivity contribution is -0.133. The van der Waals surface area contributed by atoms with Gasteiger partial charge in [0.15, 0.2) is 0 Å². The largest absolute Gasteiger partial charge is 0.391 e. The molecule has 1 amide bonds. The molecule has 25 heavy (non-hydrogen) atoms. The highest BCUT2D eigenvalue weighted by Crippen LogP contribution is 2.20. The normalized spacial score (nSPS) is 20.9. The molecule has 2 atom stereocenters. The van der Waals surface area contributed by atoms with Crippen molar-refractivity contribution in [3.63, 3.8) is 0 Å². The third-order valence-corrected chi connectivity index (χ3v) is 4.70. The Morgan fingerprint density at radius 3 is 2.84 bits per heavy atom. The molecule has 8 heteroatoms. The second-order valence-electron chi connectivity index (χ2n) is 6.89. The number of amides is 1. The SMILES string of the molecule is CN1C[C@@H](CC(=O)N(CCn2ccnc2)Cc2cnn(C)c2)[C@H](O)C1. The Morgan fingerprint density at radius 1 is 1.40 bits per heavy atom. The van der Waals surface area contributed by atoms with E-state index in [1.54, 1.807) is 23.4 Å². The monoisotopic (exact) mass is 346 g/mol. The van der Waals surface area contributed by atoms with Crippen LogP contribution in [0.5, 0.6) is 0 Å². The summed E-state index contributed by atoms with van der Waals surface area (Å²) >= 11 is 0. The van der Waals surface area contributed by atoms with Crippen molar-refractivity contribution in [2.45, 2.75) is 25.6 Å². The van der Waals surface area contributed by atoms with Crippen LogP contribution < -0.4 is 0 Å². The first kappa shape index (κ1) is 17.6. The van der Waals surface area contributed by atoms with Crippen LogP contribution in [-0.4, -0.2) is 72.9 Å². The molecule has 2 aromatic rings. The minimum absolute atomic E-state index is 0.00198. The number of hydrogen-bond donors (Lipinski definition) is 1. The van der Waals surface area contributed by atoms with Crippen LogP contribution in [0.4, 0.5) is 0 Å². The molecule has 1 aliphatic heterocycles. The zero-order valence-corrected chi connectivity index (χ0v) is 14.8. The summed E-state index contributed by atoms with van der Waals surface area (Å²) in [7, 11) is 3.84. The highest BCUT2D eigenvalue weighted by molar-refractivity contribution is 5.76. The zero-order chi connectivity index (χ0) is 17.8. The van der Waals surface area contributed by atoms with Crippen LogP contribution in [0.2, 0.25) is 0 Å². The lowest BCUT2D eigenvalue weighted by Gasteiger charge is -2.24. The van der Waals surface area contributed by atoms with Gasteiger partial charge in [0.1, 0.15) is 0 Å². The van der Waals surface area contributed by atoms with Crippen LogP contribution in [-0.2, 0) is 24.9 Å². The van der Waals surface area contributed by atoms with Gasteiger partial charge >= 0.3 is 0 Å². The fourth-order valence-electron chi connectivity index (χ4n) is 3.34. The summed E-state index contributed by atoms with van der Waals surface area (Å²) in [5.74, 6) is 0.0745. The van der Waals surface area contributed by atoms with E-state index in [0.717, 1.165) is 12.1 Å². The number of aromatic nitrogens is 4. The number of likely N-dealkylation sites (tertiary alicyclic amines) is 1. The summed E-state index contributed by atoms with van der Waals surface area (Å²) in [4.78, 5) is 20.8. The average Bonchev–Trinajstić information content (AvgIpc) is 3.27. The molecule has 0 bridgehead atoms. The Balaban J connectivity index is 1.64. The number of aliphatic hydroxyl groups excluding tert-OH is 1. The van der Waals surface area contributed by atoms with Gasteiger partial charge in [-0.05, 0) is 7.05 Å². The van der Waals surface area contributed by atoms with Crippen molar-refractivity contribution in [1.82, 2.24) is 29.1 Å². The van der Waals surface area contributed by atoms with E-state index < -0.39 is 6.10 Å². The van der Waals surface area contributed by atoms with Crippen molar-refractivity contribution in [2.75, 3.05) is 26.7 Å². The van der Waals surface area contributed by atoms with Gasteiger partial charge in [-0.2, -0.15) is 5.10 Å². The van der Waals surface area contributed by atoms with E-state index in [-0.39, 0.29) is 11.8 Å². The van der Waals surface area contributed by atoms with Crippen LogP contribution in [0, 0.1) is 5.92 Å². The number of nitrogens with zero attached hydrogens (tertiary/aromatic N) is 6. The predicted molar refractivity (Wildman–Crippen MR) is 92.5 cm³/mol. The van der Waals surface area contributed by atoms with Gasteiger partial charge in [-0.1, -0.05) is 0 Å². The highest BCUT2D eigenvalue weighted by atomic mass is 16.3. The Hall–Kier alpha value is -2.19. The fraction of sp³-hybridized carbons (Fsp3) is 0.588. The fourth-order valence-corrected chi connectivity index (χ4v) is 3.34. The van der Waals surface area contributed by atoms with Crippen molar-refractivity contribution >= 4 is 5.91 Å². The molecule has 3 rings (SSSR count). The third kappa shape index (κ3) is 4.67. The molecule has 2 aromatic heterocycles. The van der Waals surface area contributed by atoms with E-state index in [9.17, 15) is 9.90 Å². The number of carbonyl (C=O) groups excluding carboxylic acids is 1. The molecule has 136 valence electrons. The number of hydrogen-bond acceptors (Lipinski definition) is 5. The van der Waals surface area contributed by atoms with Crippen LogP contribution in [0.15, 0.2) is 31.1 Å². The maximum absolute atomic E-state index is 12.9. The molecule has 1 aliphatic rings. The minimum Gasteiger partial charge on any atom is -0.391 e. The summed E-state index contributed by atoms with van der Waals surface area (Å²) in [6.07, 6.45) is 9.03. The standard InChI is InChI=1S/C17H26N6O2/c1-20-11-15(16(24)12-20)7-17(25)23(6-5-22-4-3-18-13-22)10-14-8-19-21(2)9-14/h3-4,8-9,13,15-16,24H,5-7,10-12H2,1-2H3/t15-,16-/m1/s1. The Bertz CT molecular complexity index is 683. The van der Waals surface area contributed by atoms with Gasteiger partial charge in [-0.15, -0.1) is 0 Å². The highest BCUT2D eigenvalue weighted by Gasteiger charge is 2.32. The van der Waals surface area contributed by atoms with Gasteiger partial charge in [0.05, 0.1) is 18.6 Å². The van der Waals surface area contributed by atoms with Crippen LogP contribution in [0.1, 0.15) is 12.0 Å². The van der Waals surface area contributed by atoms with Gasteiger partial charge in [0.25, 0.3) is 0 Å². The van der Waals surface area contributed by atoms with Crippen LogP contribution >= 0.6 is 0 Å². The van der Waals surface area contributed by atoms with E-state index in [0.29, 0.717) is 32.6 Å². The van der Waals surface area contributed by atoms with E-state index in [1.165, 1.54) is 0 Å². The predicted octanol–water partition coefficient (Wildman–Crippen LogP) is -0.0420. The van der Waals surface area contributed by atoms with Gasteiger partial charge in [0.2, 0.25) is 5.91 Å². The molecular formula is C17H26N6O2. The molecule has 0 radical (unpaired) electrons. The van der Waals surface area contributed by atoms with Gasteiger partial charge < -0.3 is 19.5 Å². The van der Waals surface area contributed by atoms with Crippen LogP contribution in [0.3, 0.4) is 0 Å². The molecule has 0 saturated carbocycles. The molecule has 0 unspecified atom stereocenters. The quantitative estimate of drug-likeness (QED) is 0.761. The summed E-state index contributed by atoms with van der Waals surface area (Å²) in [5.41, 5.74) is 1.01. The Labute approximate surface area is 147 Å². The number of imidazole rings is 1. The maximum atomic E-state index is 12.9. The van der Waals surface area contributed by atoms with Crippen molar-refractivity contribution in [2.24, 2.45) is 13.0 Å².